The van der Waals surface area contributed by atoms with E-state index < -0.39 is 0 Å². The SMILES string of the molecule is COc1ccc([C@H]2N(c3cccc(Cl)c3)C(=O)[C@@H]3CCCN32)cc1. The smallest absolute Gasteiger partial charge is 0.246 e. The Bertz CT molecular complexity index is 762. The Labute approximate surface area is 146 Å². The number of anilines is 1. The molecule has 0 spiro atoms. The molecular formula is C19H19ClN2O2. The van der Waals surface area contributed by atoms with E-state index in [9.17, 15) is 4.79 Å². The van der Waals surface area contributed by atoms with Gasteiger partial charge in [-0.25, -0.2) is 0 Å². The number of amides is 1. The lowest BCUT2D eigenvalue weighted by molar-refractivity contribution is -0.119. The fourth-order valence-electron chi connectivity index (χ4n) is 3.79. The van der Waals surface area contributed by atoms with Crippen LogP contribution in [-0.4, -0.2) is 30.5 Å². The van der Waals surface area contributed by atoms with Gasteiger partial charge in [-0.3, -0.25) is 14.6 Å². The maximum Gasteiger partial charge on any atom is 0.246 e. The van der Waals surface area contributed by atoms with E-state index in [1.165, 1.54) is 0 Å². The summed E-state index contributed by atoms with van der Waals surface area (Å²) >= 11 is 6.16. The number of halogens is 1. The van der Waals surface area contributed by atoms with Crippen LogP contribution in [0.3, 0.4) is 0 Å². The van der Waals surface area contributed by atoms with Gasteiger partial charge in [0.15, 0.2) is 0 Å². The highest BCUT2D eigenvalue weighted by molar-refractivity contribution is 6.31. The average Bonchev–Trinajstić information content (AvgIpc) is 3.17. The minimum absolute atomic E-state index is 0.0314. The van der Waals surface area contributed by atoms with E-state index in [1.807, 2.05) is 53.4 Å². The summed E-state index contributed by atoms with van der Waals surface area (Å²) in [4.78, 5) is 17.2. The number of methoxy groups -OCH3 is 1. The van der Waals surface area contributed by atoms with E-state index in [2.05, 4.69) is 4.90 Å². The molecule has 0 unspecified atom stereocenters. The Morgan fingerprint density at radius 3 is 2.67 bits per heavy atom. The van der Waals surface area contributed by atoms with Crippen molar-refractivity contribution in [3.8, 4) is 5.75 Å². The highest BCUT2D eigenvalue weighted by atomic mass is 35.5. The highest BCUT2D eigenvalue weighted by Crippen LogP contribution is 2.43. The molecule has 2 saturated heterocycles. The molecule has 2 aliphatic rings. The van der Waals surface area contributed by atoms with Gasteiger partial charge in [-0.1, -0.05) is 29.8 Å². The maximum absolute atomic E-state index is 13.0. The van der Waals surface area contributed by atoms with Crippen molar-refractivity contribution in [1.29, 1.82) is 0 Å². The quantitative estimate of drug-likeness (QED) is 0.849. The van der Waals surface area contributed by atoms with Crippen LogP contribution in [0, 0.1) is 0 Å². The van der Waals surface area contributed by atoms with E-state index in [1.54, 1.807) is 7.11 Å². The van der Waals surface area contributed by atoms with Crippen molar-refractivity contribution in [2.75, 3.05) is 18.6 Å². The molecule has 2 fully saturated rings. The Hall–Kier alpha value is -2.04. The number of hydrogen-bond acceptors (Lipinski definition) is 3. The Morgan fingerprint density at radius 2 is 1.96 bits per heavy atom. The molecule has 0 aliphatic carbocycles. The number of carbonyl (C=O) groups excluding carboxylic acids is 1. The standard InChI is InChI=1S/C19H19ClN2O2/c1-24-16-9-7-13(8-10-16)18-21-11-3-6-17(21)19(23)22(18)15-5-2-4-14(20)12-15/h2,4-5,7-10,12,17-18H,3,6,11H2,1H3/t17-,18+/m0/s1. The van der Waals surface area contributed by atoms with Crippen molar-refractivity contribution >= 4 is 23.2 Å². The highest BCUT2D eigenvalue weighted by Gasteiger charge is 2.49. The third-order valence-electron chi connectivity index (χ3n) is 4.88. The number of rotatable bonds is 3. The molecule has 5 heteroatoms. The molecule has 0 radical (unpaired) electrons. The van der Waals surface area contributed by atoms with Gasteiger partial charge < -0.3 is 4.74 Å². The third-order valence-corrected chi connectivity index (χ3v) is 5.11. The van der Waals surface area contributed by atoms with Crippen molar-refractivity contribution < 1.29 is 9.53 Å². The summed E-state index contributed by atoms with van der Waals surface area (Å²) in [7, 11) is 1.66. The molecule has 124 valence electrons. The zero-order chi connectivity index (χ0) is 16.7. The minimum atomic E-state index is -0.0885. The molecule has 4 rings (SSSR count). The number of ether oxygens (including phenoxy) is 1. The fourth-order valence-corrected chi connectivity index (χ4v) is 3.97. The predicted octanol–water partition coefficient (Wildman–Crippen LogP) is 3.86. The van der Waals surface area contributed by atoms with E-state index in [4.69, 9.17) is 16.3 Å². The number of benzene rings is 2. The molecule has 0 bridgehead atoms. The molecule has 0 aromatic heterocycles. The molecule has 2 aliphatic heterocycles. The van der Waals surface area contributed by atoms with Gasteiger partial charge in [0.05, 0.1) is 13.2 Å². The second kappa shape index (κ2) is 6.11. The van der Waals surface area contributed by atoms with Gasteiger partial charge in [-0.2, -0.15) is 0 Å². The summed E-state index contributed by atoms with van der Waals surface area (Å²) in [6.07, 6.45) is 1.89. The minimum Gasteiger partial charge on any atom is -0.497 e. The van der Waals surface area contributed by atoms with Crippen LogP contribution in [0.4, 0.5) is 5.69 Å². The van der Waals surface area contributed by atoms with Crippen LogP contribution in [0.1, 0.15) is 24.6 Å². The lowest BCUT2D eigenvalue weighted by Crippen LogP contribution is -2.32. The summed E-state index contributed by atoms with van der Waals surface area (Å²) in [6, 6.07) is 15.5. The maximum atomic E-state index is 13.0. The number of hydrogen-bond donors (Lipinski definition) is 0. The van der Waals surface area contributed by atoms with Crippen molar-refractivity contribution in [3.05, 3.63) is 59.1 Å². The number of carbonyl (C=O) groups is 1. The van der Waals surface area contributed by atoms with Gasteiger partial charge in [0.25, 0.3) is 0 Å². The average molecular weight is 343 g/mol. The van der Waals surface area contributed by atoms with E-state index in [0.29, 0.717) is 5.02 Å². The molecule has 2 atom stereocenters. The zero-order valence-corrected chi connectivity index (χ0v) is 14.2. The van der Waals surface area contributed by atoms with E-state index in [-0.39, 0.29) is 18.1 Å². The van der Waals surface area contributed by atoms with Crippen LogP contribution in [0.25, 0.3) is 0 Å². The Balaban J connectivity index is 1.78. The van der Waals surface area contributed by atoms with Gasteiger partial charge >= 0.3 is 0 Å². The summed E-state index contributed by atoms with van der Waals surface area (Å²) in [5.41, 5.74) is 1.94. The molecule has 24 heavy (non-hydrogen) atoms. The van der Waals surface area contributed by atoms with Crippen molar-refractivity contribution in [1.82, 2.24) is 4.90 Å². The summed E-state index contributed by atoms with van der Waals surface area (Å²) in [5, 5.41) is 0.640. The summed E-state index contributed by atoms with van der Waals surface area (Å²) in [5.74, 6) is 0.978. The molecular weight excluding hydrogens is 324 g/mol. The lowest BCUT2D eigenvalue weighted by Gasteiger charge is -2.30. The molecule has 4 nitrogen and oxygen atoms in total. The van der Waals surface area contributed by atoms with E-state index in [0.717, 1.165) is 36.4 Å². The van der Waals surface area contributed by atoms with Gasteiger partial charge in [0, 0.05) is 17.3 Å². The van der Waals surface area contributed by atoms with Gasteiger partial charge in [-0.15, -0.1) is 0 Å². The summed E-state index contributed by atoms with van der Waals surface area (Å²) < 4.78 is 5.26. The number of fused-ring (bicyclic) bond motifs is 1. The summed E-state index contributed by atoms with van der Waals surface area (Å²) in [6.45, 7) is 0.935. The van der Waals surface area contributed by atoms with Gasteiger partial charge in [0.1, 0.15) is 11.9 Å². The zero-order valence-electron chi connectivity index (χ0n) is 13.5. The van der Waals surface area contributed by atoms with Crippen molar-refractivity contribution in [2.45, 2.75) is 25.0 Å². The Morgan fingerprint density at radius 1 is 1.17 bits per heavy atom. The second-order valence-electron chi connectivity index (χ2n) is 6.23. The predicted molar refractivity (Wildman–Crippen MR) is 94.4 cm³/mol. The van der Waals surface area contributed by atoms with Crippen LogP contribution in [0.15, 0.2) is 48.5 Å². The molecule has 2 aromatic rings. The molecule has 2 heterocycles. The largest absolute Gasteiger partial charge is 0.497 e. The van der Waals surface area contributed by atoms with Crippen LogP contribution in [0.5, 0.6) is 5.75 Å². The second-order valence-corrected chi connectivity index (χ2v) is 6.67. The molecule has 0 saturated carbocycles. The molecule has 1 amide bonds. The van der Waals surface area contributed by atoms with Crippen molar-refractivity contribution in [3.63, 3.8) is 0 Å². The first-order valence-corrected chi connectivity index (χ1v) is 8.55. The first kappa shape index (κ1) is 15.5. The molecule has 0 N–H and O–H groups in total. The van der Waals surface area contributed by atoms with Crippen LogP contribution in [-0.2, 0) is 4.79 Å². The van der Waals surface area contributed by atoms with Gasteiger partial charge in [0.2, 0.25) is 5.91 Å². The monoisotopic (exact) mass is 342 g/mol. The third kappa shape index (κ3) is 2.46. The van der Waals surface area contributed by atoms with Crippen LogP contribution in [0.2, 0.25) is 5.02 Å². The molecule has 2 aromatic carbocycles. The lowest BCUT2D eigenvalue weighted by atomic mass is 10.1. The van der Waals surface area contributed by atoms with Gasteiger partial charge in [-0.05, 0) is 48.7 Å². The topological polar surface area (TPSA) is 32.8 Å². The van der Waals surface area contributed by atoms with Crippen molar-refractivity contribution in [2.24, 2.45) is 0 Å². The Kier molecular flexibility index (Phi) is 3.94. The normalized spacial score (nSPS) is 23.6. The first-order valence-electron chi connectivity index (χ1n) is 8.17. The number of nitrogens with zero attached hydrogens (tertiary/aromatic N) is 2. The van der Waals surface area contributed by atoms with Crippen LogP contribution >= 0.6 is 11.6 Å². The fraction of sp³-hybridized carbons (Fsp3) is 0.316. The van der Waals surface area contributed by atoms with Crippen LogP contribution < -0.4 is 9.64 Å². The first-order chi connectivity index (χ1) is 11.7. The van der Waals surface area contributed by atoms with E-state index >= 15 is 0 Å².